The van der Waals surface area contributed by atoms with Crippen LogP contribution < -0.4 is 9.64 Å². The second-order valence-electron chi connectivity index (χ2n) is 6.39. The van der Waals surface area contributed by atoms with Crippen molar-refractivity contribution in [2.24, 2.45) is 0 Å². The summed E-state index contributed by atoms with van der Waals surface area (Å²) in [6.07, 6.45) is 2.33. The smallest absolute Gasteiger partial charge is 0.230 e. The highest BCUT2D eigenvalue weighted by atomic mass is 19.1. The van der Waals surface area contributed by atoms with Crippen molar-refractivity contribution in [2.75, 3.05) is 38.2 Å². The van der Waals surface area contributed by atoms with Gasteiger partial charge in [0, 0.05) is 38.2 Å². The van der Waals surface area contributed by atoms with Gasteiger partial charge >= 0.3 is 0 Å². The minimum Gasteiger partial charge on any atom is -0.494 e. The molecule has 2 aliphatic rings. The summed E-state index contributed by atoms with van der Waals surface area (Å²) in [4.78, 5) is 4.52. The number of halogens is 1. The molecular weight excluding hydrogens is 311 g/mol. The van der Waals surface area contributed by atoms with Crippen molar-refractivity contribution in [1.82, 2.24) is 15.1 Å². The molecule has 1 aliphatic heterocycles. The summed E-state index contributed by atoms with van der Waals surface area (Å²) in [6, 6.07) is 4.69. The maximum absolute atomic E-state index is 13.3. The molecule has 4 rings (SSSR count). The fraction of sp³-hybridized carbons (Fsp3) is 0.529. The summed E-state index contributed by atoms with van der Waals surface area (Å²) >= 11 is 0. The zero-order valence-electron chi connectivity index (χ0n) is 13.7. The lowest BCUT2D eigenvalue weighted by molar-refractivity contribution is 0.223. The standard InChI is InChI=1S/C17H21FN4O2/c1-23-15-10-13(18)4-5-14(15)22-8-6-21(7-9-22)11-16-19-20-17(24-16)12-2-3-12/h4-5,10,12H,2-3,6-9,11H2,1H3. The Morgan fingerprint density at radius 1 is 1.21 bits per heavy atom. The SMILES string of the molecule is COc1cc(F)ccc1N1CCN(Cc2nnc(C3CC3)o2)CC1. The van der Waals surface area contributed by atoms with Gasteiger partial charge in [0.2, 0.25) is 11.8 Å². The Kier molecular flexibility index (Phi) is 4.10. The van der Waals surface area contributed by atoms with Crippen LogP contribution in [0, 0.1) is 5.82 Å². The number of nitrogens with zero attached hydrogens (tertiary/aromatic N) is 4. The third-order valence-electron chi connectivity index (χ3n) is 4.62. The molecule has 0 spiro atoms. The lowest BCUT2D eigenvalue weighted by atomic mass is 10.2. The maximum Gasteiger partial charge on any atom is 0.230 e. The van der Waals surface area contributed by atoms with Crippen LogP contribution >= 0.6 is 0 Å². The average molecular weight is 332 g/mol. The minimum atomic E-state index is -0.280. The Hall–Kier alpha value is -2.15. The molecule has 2 fully saturated rings. The van der Waals surface area contributed by atoms with Crippen LogP contribution in [0.3, 0.4) is 0 Å². The average Bonchev–Trinajstić information content (AvgIpc) is 3.35. The Balaban J connectivity index is 1.36. The van der Waals surface area contributed by atoms with E-state index in [0.29, 0.717) is 24.1 Å². The van der Waals surface area contributed by atoms with Crippen molar-refractivity contribution < 1.29 is 13.5 Å². The van der Waals surface area contributed by atoms with Crippen LogP contribution in [0.5, 0.6) is 5.75 Å². The number of rotatable bonds is 5. The van der Waals surface area contributed by atoms with E-state index in [0.717, 1.165) is 37.8 Å². The van der Waals surface area contributed by atoms with Gasteiger partial charge in [-0.2, -0.15) is 0 Å². The van der Waals surface area contributed by atoms with Crippen molar-refractivity contribution in [3.05, 3.63) is 35.8 Å². The zero-order chi connectivity index (χ0) is 16.5. The third-order valence-corrected chi connectivity index (χ3v) is 4.62. The Morgan fingerprint density at radius 2 is 2.00 bits per heavy atom. The molecule has 0 N–H and O–H groups in total. The molecule has 0 bridgehead atoms. The highest BCUT2D eigenvalue weighted by Crippen LogP contribution is 2.39. The van der Waals surface area contributed by atoms with E-state index >= 15 is 0 Å². The maximum atomic E-state index is 13.3. The molecule has 1 saturated heterocycles. The minimum absolute atomic E-state index is 0.280. The van der Waals surface area contributed by atoms with E-state index in [4.69, 9.17) is 9.15 Å². The van der Waals surface area contributed by atoms with Crippen LogP contribution in [-0.2, 0) is 6.54 Å². The predicted octanol–water partition coefficient (Wildman–Crippen LogP) is 2.42. The summed E-state index contributed by atoms with van der Waals surface area (Å²) in [5, 5.41) is 8.28. The molecule has 1 saturated carbocycles. The van der Waals surface area contributed by atoms with Gasteiger partial charge in [-0.25, -0.2) is 4.39 Å². The van der Waals surface area contributed by atoms with E-state index in [1.54, 1.807) is 13.2 Å². The molecular formula is C17H21FN4O2. The summed E-state index contributed by atoms with van der Waals surface area (Å²) in [6.45, 7) is 4.18. The number of hydrogen-bond acceptors (Lipinski definition) is 6. The normalized spacial score (nSPS) is 18.8. The molecule has 7 heteroatoms. The monoisotopic (exact) mass is 332 g/mol. The van der Waals surface area contributed by atoms with Crippen LogP contribution in [0.2, 0.25) is 0 Å². The Morgan fingerprint density at radius 3 is 2.71 bits per heavy atom. The largest absolute Gasteiger partial charge is 0.494 e. The quantitative estimate of drug-likeness (QED) is 0.838. The lowest BCUT2D eigenvalue weighted by Crippen LogP contribution is -2.46. The van der Waals surface area contributed by atoms with Gasteiger partial charge in [-0.1, -0.05) is 0 Å². The topological polar surface area (TPSA) is 54.6 Å². The molecule has 0 atom stereocenters. The molecule has 1 aromatic carbocycles. The molecule has 0 amide bonds. The Labute approximate surface area is 140 Å². The van der Waals surface area contributed by atoms with Gasteiger partial charge in [0.15, 0.2) is 0 Å². The predicted molar refractivity (Wildman–Crippen MR) is 86.7 cm³/mol. The first-order valence-electron chi connectivity index (χ1n) is 8.36. The summed E-state index contributed by atoms with van der Waals surface area (Å²) in [7, 11) is 1.57. The van der Waals surface area contributed by atoms with Gasteiger partial charge in [-0.15, -0.1) is 10.2 Å². The molecule has 24 heavy (non-hydrogen) atoms. The van der Waals surface area contributed by atoms with Crippen LogP contribution in [0.1, 0.15) is 30.5 Å². The van der Waals surface area contributed by atoms with Crippen LogP contribution in [-0.4, -0.2) is 48.4 Å². The number of anilines is 1. The number of benzene rings is 1. The van der Waals surface area contributed by atoms with Crippen LogP contribution in [0.25, 0.3) is 0 Å². The van der Waals surface area contributed by atoms with Gasteiger partial charge < -0.3 is 14.1 Å². The summed E-state index contributed by atoms with van der Waals surface area (Å²) < 4.78 is 24.4. The summed E-state index contributed by atoms with van der Waals surface area (Å²) in [5.74, 6) is 2.28. The first-order chi connectivity index (χ1) is 11.7. The van der Waals surface area contributed by atoms with Gasteiger partial charge in [-0.05, 0) is 25.0 Å². The van der Waals surface area contributed by atoms with E-state index in [2.05, 4.69) is 20.0 Å². The van der Waals surface area contributed by atoms with Gasteiger partial charge in [0.25, 0.3) is 0 Å². The van der Waals surface area contributed by atoms with Gasteiger partial charge in [-0.3, -0.25) is 4.90 Å². The van der Waals surface area contributed by atoms with Crippen LogP contribution in [0.4, 0.5) is 10.1 Å². The molecule has 2 aromatic rings. The fourth-order valence-electron chi connectivity index (χ4n) is 3.08. The molecule has 0 radical (unpaired) electrons. The molecule has 1 aliphatic carbocycles. The molecule has 0 unspecified atom stereocenters. The molecule has 1 aromatic heterocycles. The van der Waals surface area contributed by atoms with E-state index in [9.17, 15) is 4.39 Å². The van der Waals surface area contributed by atoms with Crippen molar-refractivity contribution >= 4 is 5.69 Å². The zero-order valence-corrected chi connectivity index (χ0v) is 13.7. The first-order valence-corrected chi connectivity index (χ1v) is 8.36. The van der Waals surface area contributed by atoms with E-state index in [-0.39, 0.29) is 5.82 Å². The summed E-state index contributed by atoms with van der Waals surface area (Å²) in [5.41, 5.74) is 0.937. The van der Waals surface area contributed by atoms with Crippen molar-refractivity contribution in [3.8, 4) is 5.75 Å². The highest BCUT2D eigenvalue weighted by molar-refractivity contribution is 5.58. The number of piperazine rings is 1. The number of methoxy groups -OCH3 is 1. The third kappa shape index (κ3) is 3.21. The Bertz CT molecular complexity index is 708. The van der Waals surface area contributed by atoms with Crippen molar-refractivity contribution in [2.45, 2.75) is 25.3 Å². The van der Waals surface area contributed by atoms with E-state index < -0.39 is 0 Å². The van der Waals surface area contributed by atoms with Gasteiger partial charge in [0.05, 0.1) is 19.3 Å². The fourth-order valence-corrected chi connectivity index (χ4v) is 3.08. The second-order valence-corrected chi connectivity index (χ2v) is 6.39. The molecule has 2 heterocycles. The first kappa shape index (κ1) is 15.4. The van der Waals surface area contributed by atoms with Crippen LogP contribution in [0.15, 0.2) is 22.6 Å². The molecule has 6 nitrogen and oxygen atoms in total. The molecule has 128 valence electrons. The number of aromatic nitrogens is 2. The number of ether oxygens (including phenoxy) is 1. The highest BCUT2D eigenvalue weighted by Gasteiger charge is 2.30. The lowest BCUT2D eigenvalue weighted by Gasteiger charge is -2.36. The van der Waals surface area contributed by atoms with Crippen molar-refractivity contribution in [3.63, 3.8) is 0 Å². The van der Waals surface area contributed by atoms with Crippen molar-refractivity contribution in [1.29, 1.82) is 0 Å². The van der Waals surface area contributed by atoms with Gasteiger partial charge in [0.1, 0.15) is 11.6 Å². The second kappa shape index (κ2) is 6.39. The number of hydrogen-bond donors (Lipinski definition) is 0. The van der Waals surface area contributed by atoms with E-state index in [1.807, 2.05) is 0 Å². The van der Waals surface area contributed by atoms with E-state index in [1.165, 1.54) is 25.0 Å².